The number of hydrogen-bond acceptors (Lipinski definition) is 10. The normalized spacial score (nSPS) is 17.2. The van der Waals surface area contributed by atoms with E-state index in [4.69, 9.17) is 18.9 Å². The molecule has 1 aliphatic carbocycles. The first-order chi connectivity index (χ1) is 19.1. The summed E-state index contributed by atoms with van der Waals surface area (Å²) in [4.78, 5) is 11.3. The van der Waals surface area contributed by atoms with Gasteiger partial charge in [0.25, 0.3) is 0 Å². The number of benzene rings is 2. The van der Waals surface area contributed by atoms with Crippen LogP contribution in [-0.4, -0.2) is 64.6 Å². The van der Waals surface area contributed by atoms with Gasteiger partial charge in [-0.05, 0) is 37.1 Å². The molecule has 0 saturated heterocycles. The van der Waals surface area contributed by atoms with Crippen LogP contribution >= 0.6 is 0 Å². The average molecular weight is 535 g/mol. The molecular formula is C28H34N6O5. The fraction of sp³-hybridized carbons (Fsp3) is 0.429. The number of anilines is 1. The van der Waals surface area contributed by atoms with Crippen molar-refractivity contribution in [3.8, 4) is 23.0 Å². The molecule has 2 aromatic carbocycles. The maximum atomic E-state index is 10.7. The standard InChI is InChI=1S/C28H34N6O5/c1-36-20-11-9-18(24(13-20)38-3)15-33(16-19-10-12-21(37-2)14-25(19)39-4)27-26-28(30-17-29-27)34(32-31-26)22-7-5-6-8-23(22)35/h9-14,17,22-23,35H,5-8,15-16H2,1-4H3/t22-,23+/m1/s1. The third-order valence-electron chi connectivity index (χ3n) is 7.26. The van der Waals surface area contributed by atoms with Crippen molar-refractivity contribution in [2.75, 3.05) is 33.3 Å². The van der Waals surface area contributed by atoms with Crippen molar-refractivity contribution >= 4 is 17.0 Å². The molecule has 39 heavy (non-hydrogen) atoms. The second-order valence-electron chi connectivity index (χ2n) is 9.53. The quantitative estimate of drug-likeness (QED) is 0.321. The first-order valence-electron chi connectivity index (χ1n) is 13.0. The lowest BCUT2D eigenvalue weighted by molar-refractivity contribution is 0.0703. The van der Waals surface area contributed by atoms with Crippen molar-refractivity contribution in [1.82, 2.24) is 25.0 Å². The van der Waals surface area contributed by atoms with E-state index >= 15 is 0 Å². The van der Waals surface area contributed by atoms with Gasteiger partial charge in [0.05, 0.1) is 40.6 Å². The van der Waals surface area contributed by atoms with Crippen LogP contribution in [0.15, 0.2) is 42.7 Å². The lowest BCUT2D eigenvalue weighted by atomic mass is 9.93. The summed E-state index contributed by atoms with van der Waals surface area (Å²) in [5, 5.41) is 19.6. The second kappa shape index (κ2) is 11.7. The summed E-state index contributed by atoms with van der Waals surface area (Å²) in [7, 11) is 6.53. The highest BCUT2D eigenvalue weighted by atomic mass is 16.5. The highest BCUT2D eigenvalue weighted by molar-refractivity contribution is 5.82. The molecule has 11 nitrogen and oxygen atoms in total. The van der Waals surface area contributed by atoms with Crippen LogP contribution in [0.3, 0.4) is 0 Å². The van der Waals surface area contributed by atoms with Crippen molar-refractivity contribution in [1.29, 1.82) is 0 Å². The van der Waals surface area contributed by atoms with Crippen molar-refractivity contribution in [3.05, 3.63) is 53.9 Å². The molecule has 0 unspecified atom stereocenters. The van der Waals surface area contributed by atoms with Gasteiger partial charge in [-0.1, -0.05) is 18.1 Å². The highest BCUT2D eigenvalue weighted by Crippen LogP contribution is 2.34. The maximum absolute atomic E-state index is 10.7. The van der Waals surface area contributed by atoms with E-state index in [1.165, 1.54) is 6.33 Å². The van der Waals surface area contributed by atoms with E-state index < -0.39 is 6.10 Å². The molecule has 0 amide bonds. The number of hydrogen-bond donors (Lipinski definition) is 1. The molecule has 1 saturated carbocycles. The zero-order valence-corrected chi connectivity index (χ0v) is 22.7. The van der Waals surface area contributed by atoms with E-state index in [-0.39, 0.29) is 6.04 Å². The molecule has 206 valence electrons. The summed E-state index contributed by atoms with van der Waals surface area (Å²) < 4.78 is 23.9. The molecule has 2 heterocycles. The molecule has 0 bridgehead atoms. The zero-order valence-electron chi connectivity index (χ0n) is 22.7. The topological polar surface area (TPSA) is 117 Å². The van der Waals surface area contributed by atoms with Gasteiger partial charge in [-0.25, -0.2) is 14.6 Å². The summed E-state index contributed by atoms with van der Waals surface area (Å²) >= 11 is 0. The van der Waals surface area contributed by atoms with Gasteiger partial charge in [-0.2, -0.15) is 0 Å². The third kappa shape index (κ3) is 5.40. The number of rotatable bonds is 10. The predicted octanol–water partition coefficient (Wildman–Crippen LogP) is 3.94. The molecular weight excluding hydrogens is 500 g/mol. The average Bonchev–Trinajstić information content (AvgIpc) is 3.41. The van der Waals surface area contributed by atoms with Gasteiger partial charge < -0.3 is 29.0 Å². The van der Waals surface area contributed by atoms with E-state index in [0.29, 0.717) is 53.1 Å². The van der Waals surface area contributed by atoms with E-state index in [1.54, 1.807) is 33.1 Å². The summed E-state index contributed by atoms with van der Waals surface area (Å²) in [6.45, 7) is 0.904. The van der Waals surface area contributed by atoms with Gasteiger partial charge in [0.2, 0.25) is 0 Å². The Morgan fingerprint density at radius 1 is 0.846 bits per heavy atom. The lowest BCUT2D eigenvalue weighted by Crippen LogP contribution is -2.28. The summed E-state index contributed by atoms with van der Waals surface area (Å²) in [6.07, 6.45) is 4.65. The van der Waals surface area contributed by atoms with Crippen molar-refractivity contribution in [2.45, 2.75) is 50.9 Å². The Kier molecular flexibility index (Phi) is 7.97. The van der Waals surface area contributed by atoms with Gasteiger partial charge in [0.15, 0.2) is 17.0 Å². The molecule has 0 spiro atoms. The summed E-state index contributed by atoms with van der Waals surface area (Å²) in [5.41, 5.74) is 3.04. The Hall–Kier alpha value is -4.12. The number of aliphatic hydroxyl groups excluding tert-OH is 1. The van der Waals surface area contributed by atoms with Gasteiger partial charge in [-0.3, -0.25) is 0 Å². The van der Waals surface area contributed by atoms with Crippen LogP contribution in [0.25, 0.3) is 11.2 Å². The molecule has 2 atom stereocenters. The molecule has 1 N–H and O–H groups in total. The number of aromatic nitrogens is 5. The van der Waals surface area contributed by atoms with Crippen LogP contribution in [0.5, 0.6) is 23.0 Å². The Morgan fingerprint density at radius 2 is 1.46 bits per heavy atom. The minimum absolute atomic E-state index is 0.164. The summed E-state index contributed by atoms with van der Waals surface area (Å²) in [6, 6.07) is 11.3. The van der Waals surface area contributed by atoms with Crippen LogP contribution < -0.4 is 23.8 Å². The van der Waals surface area contributed by atoms with Crippen LogP contribution in [0.1, 0.15) is 42.9 Å². The van der Waals surface area contributed by atoms with Crippen molar-refractivity contribution in [2.24, 2.45) is 0 Å². The Morgan fingerprint density at radius 3 is 2.03 bits per heavy atom. The van der Waals surface area contributed by atoms with Crippen LogP contribution in [0.4, 0.5) is 5.82 Å². The minimum Gasteiger partial charge on any atom is -0.497 e. The molecule has 2 aromatic heterocycles. The molecule has 1 fully saturated rings. The molecule has 1 aliphatic rings. The zero-order chi connectivity index (χ0) is 27.4. The third-order valence-corrected chi connectivity index (χ3v) is 7.26. The monoisotopic (exact) mass is 534 g/mol. The smallest absolute Gasteiger partial charge is 0.184 e. The number of aliphatic hydroxyl groups is 1. The second-order valence-corrected chi connectivity index (χ2v) is 9.53. The fourth-order valence-corrected chi connectivity index (χ4v) is 5.17. The largest absolute Gasteiger partial charge is 0.497 e. The van der Waals surface area contributed by atoms with Crippen molar-refractivity contribution in [3.63, 3.8) is 0 Å². The highest BCUT2D eigenvalue weighted by Gasteiger charge is 2.29. The van der Waals surface area contributed by atoms with Gasteiger partial charge in [-0.15, -0.1) is 5.10 Å². The van der Waals surface area contributed by atoms with Gasteiger partial charge in [0, 0.05) is 36.3 Å². The fourth-order valence-electron chi connectivity index (χ4n) is 5.17. The van der Waals surface area contributed by atoms with E-state index in [2.05, 4.69) is 25.2 Å². The number of ether oxygens (including phenoxy) is 4. The number of nitrogens with zero attached hydrogens (tertiary/aromatic N) is 6. The van der Waals surface area contributed by atoms with Gasteiger partial charge >= 0.3 is 0 Å². The molecule has 0 radical (unpaired) electrons. The van der Waals surface area contributed by atoms with E-state index in [1.807, 2.05) is 36.4 Å². The lowest BCUT2D eigenvalue weighted by Gasteiger charge is -2.28. The Labute approximate surface area is 227 Å². The van der Waals surface area contributed by atoms with Crippen LogP contribution in [-0.2, 0) is 13.1 Å². The van der Waals surface area contributed by atoms with Crippen LogP contribution in [0, 0.1) is 0 Å². The van der Waals surface area contributed by atoms with Gasteiger partial charge in [0.1, 0.15) is 29.3 Å². The first-order valence-corrected chi connectivity index (χ1v) is 13.0. The maximum Gasteiger partial charge on any atom is 0.184 e. The molecule has 0 aliphatic heterocycles. The van der Waals surface area contributed by atoms with Crippen LogP contribution in [0.2, 0.25) is 0 Å². The van der Waals surface area contributed by atoms with E-state index in [0.717, 1.165) is 36.8 Å². The molecule has 4 aromatic rings. The SMILES string of the molecule is COc1ccc(CN(Cc2ccc(OC)cc2OC)c2ncnc3c2nnn3[C@@H]2CCCC[C@@H]2O)c(OC)c1. The number of fused-ring (bicyclic) bond motifs is 1. The number of methoxy groups -OCH3 is 4. The molecule has 5 rings (SSSR count). The van der Waals surface area contributed by atoms with Crippen molar-refractivity contribution < 1.29 is 24.1 Å². The summed E-state index contributed by atoms with van der Waals surface area (Å²) in [5.74, 6) is 3.42. The predicted molar refractivity (Wildman–Crippen MR) is 146 cm³/mol. The minimum atomic E-state index is -0.481. The Bertz CT molecular complexity index is 1370. The van der Waals surface area contributed by atoms with E-state index in [9.17, 15) is 5.11 Å². The first kappa shape index (κ1) is 26.5. The Balaban J connectivity index is 1.59. The molecule has 11 heteroatoms.